The third-order valence-corrected chi connectivity index (χ3v) is 6.11. The summed E-state index contributed by atoms with van der Waals surface area (Å²) in [6.45, 7) is 6.81. The van der Waals surface area contributed by atoms with E-state index >= 15 is 0 Å². The molecule has 0 radical (unpaired) electrons. The maximum absolute atomic E-state index is 12.6. The average Bonchev–Trinajstić information content (AvgIpc) is 3.32. The van der Waals surface area contributed by atoms with Gasteiger partial charge in [-0.3, -0.25) is 14.7 Å². The Balaban J connectivity index is 1.30. The van der Waals surface area contributed by atoms with Gasteiger partial charge < -0.3 is 19.9 Å². The Hall–Kier alpha value is -2.28. The molecule has 1 heterocycles. The van der Waals surface area contributed by atoms with Gasteiger partial charge in [-0.05, 0) is 25.0 Å². The van der Waals surface area contributed by atoms with E-state index < -0.39 is 0 Å². The normalized spacial score (nSPS) is 18.5. The Morgan fingerprint density at radius 2 is 1.87 bits per heavy atom. The zero-order chi connectivity index (χ0) is 21.2. The van der Waals surface area contributed by atoms with Crippen molar-refractivity contribution in [3.05, 3.63) is 30.3 Å². The van der Waals surface area contributed by atoms with E-state index in [1.807, 2.05) is 44.4 Å². The number of guanidine groups is 1. The number of para-hydroxylation sites is 1. The average molecular weight is 416 g/mol. The number of hydrogen-bond donors (Lipinski definition) is 1. The molecule has 0 unspecified atom stereocenters. The van der Waals surface area contributed by atoms with Crippen molar-refractivity contribution >= 4 is 11.9 Å². The molecule has 1 saturated carbocycles. The molecule has 0 aromatic heterocycles. The van der Waals surface area contributed by atoms with Gasteiger partial charge >= 0.3 is 0 Å². The first-order valence-corrected chi connectivity index (χ1v) is 11.3. The van der Waals surface area contributed by atoms with Gasteiger partial charge in [0.2, 0.25) is 5.91 Å². The summed E-state index contributed by atoms with van der Waals surface area (Å²) < 4.78 is 5.77. The van der Waals surface area contributed by atoms with Gasteiger partial charge in [0, 0.05) is 59.3 Å². The first-order valence-electron chi connectivity index (χ1n) is 11.3. The zero-order valence-corrected chi connectivity index (χ0v) is 18.6. The van der Waals surface area contributed by atoms with Gasteiger partial charge in [-0.2, -0.15) is 0 Å². The molecule has 1 saturated heterocycles. The van der Waals surface area contributed by atoms with Crippen LogP contribution in [0.5, 0.6) is 5.75 Å². The van der Waals surface area contributed by atoms with Gasteiger partial charge in [0.1, 0.15) is 12.4 Å². The lowest BCUT2D eigenvalue weighted by molar-refractivity contribution is -0.137. The number of ether oxygens (including phenoxy) is 1. The third kappa shape index (κ3) is 6.62. The molecular formula is C23H37N5O2. The smallest absolute Gasteiger partial charge is 0.225 e. The van der Waals surface area contributed by atoms with Crippen LogP contribution in [0.1, 0.15) is 25.7 Å². The summed E-state index contributed by atoms with van der Waals surface area (Å²) in [5, 5.41) is 3.44. The molecular weight excluding hydrogens is 378 g/mol. The van der Waals surface area contributed by atoms with Gasteiger partial charge in [-0.15, -0.1) is 0 Å². The highest BCUT2D eigenvalue weighted by molar-refractivity contribution is 5.79. The Labute approximate surface area is 181 Å². The number of carbonyl (C=O) groups is 1. The first-order chi connectivity index (χ1) is 14.7. The minimum absolute atomic E-state index is 0.294. The molecule has 30 heavy (non-hydrogen) atoms. The molecule has 1 aromatic rings. The van der Waals surface area contributed by atoms with Crippen LogP contribution in [0, 0.1) is 5.92 Å². The SMILES string of the molecule is CN=C(NCCN1CCN(C(=O)C2CCCC2)CC1)N(C)CCOc1ccccc1. The van der Waals surface area contributed by atoms with Crippen LogP contribution < -0.4 is 10.1 Å². The second-order valence-corrected chi connectivity index (χ2v) is 8.21. The standard InChI is InChI=1S/C23H37N5O2/c1-24-23(26(2)18-19-30-21-10-4-3-5-11-21)25-12-13-27-14-16-28(17-15-27)22(29)20-8-6-7-9-20/h3-5,10-11,20H,6-9,12-19H2,1-2H3,(H,24,25). The number of nitrogens with zero attached hydrogens (tertiary/aromatic N) is 4. The maximum atomic E-state index is 12.6. The van der Waals surface area contributed by atoms with E-state index in [1.165, 1.54) is 12.8 Å². The van der Waals surface area contributed by atoms with Crippen LogP contribution in [0.15, 0.2) is 35.3 Å². The first kappa shape index (κ1) is 22.4. The predicted molar refractivity (Wildman–Crippen MR) is 121 cm³/mol. The highest BCUT2D eigenvalue weighted by Gasteiger charge is 2.29. The molecule has 0 spiro atoms. The molecule has 2 aliphatic rings. The van der Waals surface area contributed by atoms with Crippen molar-refractivity contribution in [1.82, 2.24) is 20.0 Å². The molecule has 1 amide bonds. The van der Waals surface area contributed by atoms with E-state index in [-0.39, 0.29) is 0 Å². The van der Waals surface area contributed by atoms with Crippen molar-refractivity contribution in [1.29, 1.82) is 0 Å². The fourth-order valence-electron chi connectivity index (χ4n) is 4.26. The van der Waals surface area contributed by atoms with Crippen molar-refractivity contribution in [2.24, 2.45) is 10.9 Å². The zero-order valence-electron chi connectivity index (χ0n) is 18.6. The van der Waals surface area contributed by atoms with Crippen molar-refractivity contribution in [2.75, 3.05) is 66.5 Å². The molecule has 7 nitrogen and oxygen atoms in total. The Kier molecular flexibility index (Phi) is 8.81. The summed E-state index contributed by atoms with van der Waals surface area (Å²) in [4.78, 5) is 23.5. The molecule has 1 aliphatic heterocycles. The molecule has 3 rings (SSSR count). The number of amides is 1. The second-order valence-electron chi connectivity index (χ2n) is 8.21. The number of carbonyl (C=O) groups excluding carboxylic acids is 1. The van der Waals surface area contributed by atoms with E-state index in [0.717, 1.165) is 70.4 Å². The van der Waals surface area contributed by atoms with Gasteiger partial charge in [0.05, 0.1) is 6.54 Å². The summed E-state index contributed by atoms with van der Waals surface area (Å²) in [6.07, 6.45) is 4.62. The lowest BCUT2D eigenvalue weighted by atomic mass is 10.1. The summed E-state index contributed by atoms with van der Waals surface area (Å²) in [7, 11) is 3.83. The summed E-state index contributed by atoms with van der Waals surface area (Å²) in [5.41, 5.74) is 0. The van der Waals surface area contributed by atoms with Gasteiger partial charge in [-0.1, -0.05) is 31.0 Å². The minimum atomic E-state index is 0.294. The molecule has 0 bridgehead atoms. The molecule has 1 aliphatic carbocycles. The molecule has 0 atom stereocenters. The number of rotatable bonds is 8. The van der Waals surface area contributed by atoms with E-state index in [1.54, 1.807) is 0 Å². The van der Waals surface area contributed by atoms with E-state index in [0.29, 0.717) is 18.4 Å². The van der Waals surface area contributed by atoms with Crippen molar-refractivity contribution in [2.45, 2.75) is 25.7 Å². The fraction of sp³-hybridized carbons (Fsp3) is 0.652. The number of hydrogen-bond acceptors (Lipinski definition) is 4. The van der Waals surface area contributed by atoms with Crippen LogP contribution in [-0.4, -0.2) is 93.1 Å². The highest BCUT2D eigenvalue weighted by atomic mass is 16.5. The largest absolute Gasteiger partial charge is 0.492 e. The van der Waals surface area contributed by atoms with Crippen LogP contribution in [0.25, 0.3) is 0 Å². The monoisotopic (exact) mass is 415 g/mol. The lowest BCUT2D eigenvalue weighted by Crippen LogP contribution is -2.52. The molecule has 2 fully saturated rings. The summed E-state index contributed by atoms with van der Waals surface area (Å²) in [6, 6.07) is 9.87. The van der Waals surface area contributed by atoms with Crippen molar-refractivity contribution < 1.29 is 9.53 Å². The quantitative estimate of drug-likeness (QED) is 0.519. The minimum Gasteiger partial charge on any atom is -0.492 e. The van der Waals surface area contributed by atoms with Crippen molar-refractivity contribution in [3.63, 3.8) is 0 Å². The highest BCUT2D eigenvalue weighted by Crippen LogP contribution is 2.26. The van der Waals surface area contributed by atoms with Gasteiger partial charge in [0.15, 0.2) is 5.96 Å². The predicted octanol–water partition coefficient (Wildman–Crippen LogP) is 1.91. The molecule has 1 N–H and O–H groups in total. The number of benzene rings is 1. The van der Waals surface area contributed by atoms with E-state index in [9.17, 15) is 4.79 Å². The molecule has 166 valence electrons. The van der Waals surface area contributed by atoms with Crippen LogP contribution in [-0.2, 0) is 4.79 Å². The number of nitrogens with one attached hydrogen (secondary N) is 1. The number of piperazine rings is 1. The number of aliphatic imine (C=N–C) groups is 1. The van der Waals surface area contributed by atoms with Gasteiger partial charge in [-0.25, -0.2) is 0 Å². The van der Waals surface area contributed by atoms with Crippen LogP contribution in [0.4, 0.5) is 0 Å². The lowest BCUT2D eigenvalue weighted by Gasteiger charge is -2.36. The fourth-order valence-corrected chi connectivity index (χ4v) is 4.26. The van der Waals surface area contributed by atoms with Crippen LogP contribution in [0.2, 0.25) is 0 Å². The Morgan fingerprint density at radius 3 is 2.53 bits per heavy atom. The van der Waals surface area contributed by atoms with E-state index in [2.05, 4.69) is 25.0 Å². The van der Waals surface area contributed by atoms with Crippen LogP contribution in [0.3, 0.4) is 0 Å². The maximum Gasteiger partial charge on any atom is 0.225 e. The molecule has 7 heteroatoms. The summed E-state index contributed by atoms with van der Waals surface area (Å²) >= 11 is 0. The third-order valence-electron chi connectivity index (χ3n) is 6.11. The Bertz CT molecular complexity index is 667. The van der Waals surface area contributed by atoms with Gasteiger partial charge in [0.25, 0.3) is 0 Å². The van der Waals surface area contributed by atoms with Crippen molar-refractivity contribution in [3.8, 4) is 5.75 Å². The van der Waals surface area contributed by atoms with E-state index in [4.69, 9.17) is 4.74 Å². The second kappa shape index (κ2) is 11.8. The molecule has 1 aromatic carbocycles. The topological polar surface area (TPSA) is 60.4 Å². The Morgan fingerprint density at radius 1 is 1.17 bits per heavy atom. The summed E-state index contributed by atoms with van der Waals surface area (Å²) in [5.74, 6) is 2.45. The van der Waals surface area contributed by atoms with Crippen LogP contribution >= 0.6 is 0 Å². The number of likely N-dealkylation sites (N-methyl/N-ethyl adjacent to an activating group) is 1.